The molecule has 6 atom stereocenters. The van der Waals surface area contributed by atoms with Crippen LogP contribution in [0.4, 0.5) is 9.59 Å². The molecule has 0 saturated heterocycles. The molecule has 30 heteroatoms. The van der Waals surface area contributed by atoms with E-state index in [0.29, 0.717) is 173 Å². The maximum absolute atomic E-state index is 13.9. The van der Waals surface area contributed by atoms with Crippen LogP contribution in [0.1, 0.15) is 287 Å². The van der Waals surface area contributed by atoms with Gasteiger partial charge < -0.3 is 87.2 Å². The monoisotopic (exact) mass is 1980 g/mol. The van der Waals surface area contributed by atoms with E-state index < -0.39 is 51.9 Å². The third kappa shape index (κ3) is 62.4. The van der Waals surface area contributed by atoms with Crippen LogP contribution in [0, 0.1) is 53.3 Å². The Kier molecular flexibility index (Phi) is 69.2. The van der Waals surface area contributed by atoms with E-state index in [1.165, 1.54) is 40.5 Å². The van der Waals surface area contributed by atoms with Crippen molar-refractivity contribution in [1.82, 2.24) is 10.6 Å². The van der Waals surface area contributed by atoms with Crippen molar-refractivity contribution in [2.24, 2.45) is 46.3 Å². The first-order valence-corrected chi connectivity index (χ1v) is 49.7. The number of carbonyl (C=O) groups is 12. The summed E-state index contributed by atoms with van der Waals surface area (Å²) >= 11 is 0. The van der Waals surface area contributed by atoms with Gasteiger partial charge in [0.25, 0.3) is 0 Å². The molecule has 2 amide bonds. The smallest absolute Gasteiger partial charge is 0.407 e. The van der Waals surface area contributed by atoms with Crippen LogP contribution in [0.25, 0.3) is 0 Å². The van der Waals surface area contributed by atoms with E-state index in [-0.39, 0.29) is 132 Å². The highest BCUT2D eigenvalue weighted by atomic mass is 16.6. The van der Waals surface area contributed by atoms with Crippen LogP contribution >= 0.6 is 0 Å². The Balaban J connectivity index is 0.00000238. The minimum Gasteiger partial charge on any atom is -0.490 e. The van der Waals surface area contributed by atoms with Gasteiger partial charge >= 0.3 is 59.9 Å². The van der Waals surface area contributed by atoms with Gasteiger partial charge in [0, 0.05) is 39.8 Å². The van der Waals surface area contributed by atoms with Gasteiger partial charge in [-0.3, -0.25) is 28.8 Å². The number of hydrogen-bond acceptors (Lipinski definition) is 28. The summed E-state index contributed by atoms with van der Waals surface area (Å²) in [6.07, 6.45) is 17.1. The third-order valence-electron chi connectivity index (χ3n) is 22.1. The Labute approximate surface area is 840 Å². The summed E-state index contributed by atoms with van der Waals surface area (Å²) in [6.45, 7) is 53.4. The molecule has 0 aliphatic carbocycles. The SMILES string of the molecule is C=C(C)C(=O)OCC(C)C.C=C(C)C(=O)OCC(C[CH2+])CCCC.C=C(C)C(=O)OCCOc1ccccc1.C=CC(=O)OCCNC(=O)OCCOc1ccc(C(=O)C(C)(C)O)cc1.CCCCC(CC)COC(=O)C(CC)CCCCC(CCCCC(C)(CCCCC(C)(CC)C(=O)OCC(C)C)C(=O)OCCOc1ccccc1)C(=O)OCCNC(=O)OCCOc1ccc(C(=O)C(C)(C)O)cc1. The van der Waals surface area contributed by atoms with E-state index >= 15 is 0 Å². The lowest BCUT2D eigenvalue weighted by atomic mass is 9.77. The molecular weight excluding hydrogens is 1810 g/mol. The zero-order valence-corrected chi connectivity index (χ0v) is 87.8. The predicted molar refractivity (Wildman–Crippen MR) is 545 cm³/mol. The molecule has 0 saturated carbocycles. The fraction of sp³-hybridized carbons (Fsp3) is 0.595. The number of ether oxygens (including phenoxy) is 14. The summed E-state index contributed by atoms with van der Waals surface area (Å²) in [4.78, 5) is 145. The Morgan fingerprint density at radius 3 is 1.13 bits per heavy atom. The van der Waals surface area contributed by atoms with Crippen molar-refractivity contribution >= 4 is 71.5 Å². The van der Waals surface area contributed by atoms with E-state index in [1.54, 1.807) is 69.3 Å². The van der Waals surface area contributed by atoms with E-state index in [4.69, 9.17) is 61.6 Å². The molecule has 30 nitrogen and oxygen atoms in total. The van der Waals surface area contributed by atoms with Crippen LogP contribution in [0.5, 0.6) is 23.0 Å². The van der Waals surface area contributed by atoms with Gasteiger partial charge in [-0.25, -0.2) is 28.8 Å². The highest BCUT2D eigenvalue weighted by molar-refractivity contribution is 6.02. The fourth-order valence-corrected chi connectivity index (χ4v) is 13.0. The average molecular weight is 1980 g/mol. The van der Waals surface area contributed by atoms with E-state index in [1.807, 2.05) is 116 Å². The number of para-hydroxylation sites is 2. The van der Waals surface area contributed by atoms with Gasteiger partial charge in [0.05, 0.1) is 75.5 Å². The molecule has 4 aromatic carbocycles. The van der Waals surface area contributed by atoms with Crippen molar-refractivity contribution in [3.63, 3.8) is 0 Å². The van der Waals surface area contributed by atoms with Crippen LogP contribution in [-0.2, 0) is 85.7 Å². The minimum absolute atomic E-state index is 0.0165. The highest BCUT2D eigenvalue weighted by Crippen LogP contribution is 2.37. The number of aliphatic hydroxyl groups is 2. The van der Waals surface area contributed by atoms with Crippen LogP contribution in [0.15, 0.2) is 158 Å². The standard InChI is InChI=1S/C61H97NO14.C18H23NO7.C12H14O3.C12H21O2.C8H14O2/c1-11-15-25-47(12-2)45-75-54(64)48(13-3)26-19-20-27-50(55(65)72-39-38-62-58(68)74-43-41-71-52-33-31-49(32-34-52)53(63)59(7,8)69)28-21-22-36-61(10,57(67)73-42-40-70-51-29-17-16-18-30-51)37-24-23-35-60(9,14-4)56(66)76-44-46(5)6;1-4-15(20)25-10-9-19-17(22)26-12-11-24-14-7-5-13(6-8-14)16(21)18(2,3)23;1-10(2)12(13)15-9-8-14-11-6-4-3-5-7-11;1-5-7-8-11(6-2)9-14-12(13)10(3)4;1-6(2)5-10-8(9)7(3)4/h16-18,29-34,46-48,50,69H,11-15,19-28,35-45H2,1-10H3,(H,62,68);4-8,23H,1,9-12H2,2-3H3,(H,19,22);3-7H,1,8-9H2,2H3;11H,2-3,5-9H2,1,4H3;6H,3,5H2,1-2,4H3/q;;;+1;. The van der Waals surface area contributed by atoms with Gasteiger partial charge in [-0.1, -0.05) is 196 Å². The summed E-state index contributed by atoms with van der Waals surface area (Å²) in [5.74, 6) is -0.224. The summed E-state index contributed by atoms with van der Waals surface area (Å²) < 4.78 is 74.7. The van der Waals surface area contributed by atoms with E-state index in [9.17, 15) is 67.7 Å². The molecule has 0 heterocycles. The number of benzene rings is 4. The fourth-order valence-electron chi connectivity index (χ4n) is 13.0. The first-order chi connectivity index (χ1) is 66.8. The second-order valence-corrected chi connectivity index (χ2v) is 37.1. The van der Waals surface area contributed by atoms with Crippen LogP contribution < -0.4 is 29.6 Å². The van der Waals surface area contributed by atoms with Crippen LogP contribution in [0.3, 0.4) is 0 Å². The lowest BCUT2D eigenvalue weighted by Crippen LogP contribution is -2.32. The first kappa shape index (κ1) is 129. The molecule has 141 heavy (non-hydrogen) atoms. The van der Waals surface area contributed by atoms with Gasteiger partial charge in [0.2, 0.25) is 0 Å². The van der Waals surface area contributed by atoms with Crippen molar-refractivity contribution in [3.8, 4) is 23.0 Å². The molecule has 0 aromatic heterocycles. The molecule has 0 spiro atoms. The van der Waals surface area contributed by atoms with Crippen molar-refractivity contribution in [3.05, 3.63) is 176 Å². The van der Waals surface area contributed by atoms with Gasteiger partial charge in [0.15, 0.2) is 11.6 Å². The van der Waals surface area contributed by atoms with Gasteiger partial charge in [-0.15, -0.1) is 0 Å². The molecule has 0 aliphatic heterocycles. The molecule has 0 bridgehead atoms. The maximum atomic E-state index is 13.9. The summed E-state index contributed by atoms with van der Waals surface area (Å²) in [5, 5.41) is 24.7. The molecule has 0 aliphatic rings. The lowest BCUT2D eigenvalue weighted by molar-refractivity contribution is -0.158. The molecule has 4 N–H and O–H groups in total. The van der Waals surface area contributed by atoms with Crippen molar-refractivity contribution < 1.29 is 134 Å². The van der Waals surface area contributed by atoms with Crippen molar-refractivity contribution in [1.29, 1.82) is 0 Å². The molecule has 6 unspecified atom stereocenters. The Bertz CT molecular complexity index is 4270. The number of carbonyl (C=O) groups excluding carboxylic acids is 12. The van der Waals surface area contributed by atoms with Gasteiger partial charge in [-0.2, -0.15) is 0 Å². The van der Waals surface area contributed by atoms with Gasteiger partial charge in [-0.05, 0) is 217 Å². The second-order valence-electron chi connectivity index (χ2n) is 37.1. The zero-order chi connectivity index (χ0) is 106. The van der Waals surface area contributed by atoms with E-state index in [2.05, 4.69) is 69.4 Å². The summed E-state index contributed by atoms with van der Waals surface area (Å²) in [6, 6.07) is 31.3. The minimum atomic E-state index is -1.50. The molecular formula is C111H169N2O28+. The number of rotatable bonds is 67. The molecule has 790 valence electrons. The average Bonchev–Trinajstić information content (AvgIpc) is 0.855. The number of Topliss-reactive ketones (excluding diaryl/α,β-unsaturated/α-hetero) is 2. The molecule has 0 fully saturated rings. The quantitative estimate of drug-likeness (QED) is 0.00796. The molecule has 4 rings (SSSR count). The number of alkyl carbamates (subject to hydrolysis) is 2. The summed E-state index contributed by atoms with van der Waals surface area (Å²) in [7, 11) is 0. The second kappa shape index (κ2) is 75.3. The third-order valence-corrected chi connectivity index (χ3v) is 22.1. The molecule has 0 radical (unpaired) electrons. The predicted octanol–water partition coefficient (Wildman–Crippen LogP) is 21.2. The number of unbranched alkanes of at least 4 members (excludes halogenated alkanes) is 5. The number of ketones is 2. The number of amides is 2. The number of nitrogens with one attached hydrogen (secondary N) is 2. The maximum Gasteiger partial charge on any atom is 0.407 e. The first-order valence-electron chi connectivity index (χ1n) is 49.7. The van der Waals surface area contributed by atoms with Crippen LogP contribution in [-0.4, -0.2) is 199 Å². The zero-order valence-electron chi connectivity index (χ0n) is 87.8. The lowest BCUT2D eigenvalue weighted by Gasteiger charge is -2.29. The topological polar surface area (TPSA) is 399 Å². The largest absolute Gasteiger partial charge is 0.490 e. The van der Waals surface area contributed by atoms with Crippen LogP contribution in [0.2, 0.25) is 0 Å². The Morgan fingerprint density at radius 2 is 0.730 bits per heavy atom. The van der Waals surface area contributed by atoms with Crippen molar-refractivity contribution in [2.45, 2.75) is 277 Å². The highest BCUT2D eigenvalue weighted by Gasteiger charge is 2.37. The van der Waals surface area contributed by atoms with E-state index in [0.717, 1.165) is 63.2 Å². The number of hydrogen-bond donors (Lipinski definition) is 4. The summed E-state index contributed by atoms with van der Waals surface area (Å²) in [5.41, 5.74) is -2.34. The number of esters is 8. The Hall–Kier alpha value is -11.5. The molecule has 4 aromatic rings. The normalized spacial score (nSPS) is 12.5. The Morgan fingerprint density at radius 1 is 0.376 bits per heavy atom. The van der Waals surface area contributed by atoms with Gasteiger partial charge in [0.1, 0.15) is 100 Å². The van der Waals surface area contributed by atoms with Crippen molar-refractivity contribution in [2.75, 3.05) is 106 Å².